The first-order chi connectivity index (χ1) is 19.0. The summed E-state index contributed by atoms with van der Waals surface area (Å²) in [6, 6.07) is 5.43. The lowest BCUT2D eigenvalue weighted by atomic mass is 9.70. The zero-order chi connectivity index (χ0) is 28.6. The van der Waals surface area contributed by atoms with Gasteiger partial charge in [-0.05, 0) is 110 Å². The summed E-state index contributed by atoms with van der Waals surface area (Å²) in [4.78, 5) is 0. The van der Waals surface area contributed by atoms with E-state index in [9.17, 15) is 0 Å². The number of benzene rings is 1. The third kappa shape index (κ3) is 4.13. The largest absolute Gasteiger partial charge is 0.486 e. The predicted molar refractivity (Wildman–Crippen MR) is 171 cm³/mol. The van der Waals surface area contributed by atoms with Gasteiger partial charge in [-0.25, -0.2) is 0 Å². The topological polar surface area (TPSA) is 21.7 Å². The zero-order valence-corrected chi connectivity index (χ0v) is 27.9. The summed E-state index contributed by atoms with van der Waals surface area (Å²) in [5, 5.41) is 0. The highest BCUT2D eigenvalue weighted by Crippen LogP contribution is 2.64. The van der Waals surface area contributed by atoms with Crippen molar-refractivity contribution < 1.29 is 9.47 Å². The van der Waals surface area contributed by atoms with E-state index in [0.717, 1.165) is 41.8 Å². The first kappa shape index (κ1) is 28.6. The number of hydrogen-bond donors (Lipinski definition) is 0. The van der Waals surface area contributed by atoms with E-state index in [-0.39, 0.29) is 11.0 Å². The van der Waals surface area contributed by atoms with E-state index in [4.69, 9.17) is 9.47 Å². The number of rotatable bonds is 5. The van der Waals surface area contributed by atoms with Crippen LogP contribution in [0, 0.1) is 23.7 Å². The predicted octanol–water partition coefficient (Wildman–Crippen LogP) is 9.38. The van der Waals surface area contributed by atoms with Crippen molar-refractivity contribution in [3.05, 3.63) is 41.0 Å². The third-order valence-corrected chi connectivity index (χ3v) is 17.0. The Labute approximate surface area is 245 Å². The van der Waals surface area contributed by atoms with Crippen LogP contribution in [-0.4, -0.2) is 37.6 Å². The molecule has 220 valence electrons. The van der Waals surface area contributed by atoms with Crippen molar-refractivity contribution in [3.8, 4) is 11.5 Å². The quantitative estimate of drug-likeness (QED) is 0.334. The molecule has 0 aromatic heterocycles. The molecule has 4 aliphatic carbocycles. The number of fused-ring (bicyclic) bond motifs is 5. The second-order valence-electron chi connectivity index (χ2n) is 15.4. The molecule has 0 bridgehead atoms. The van der Waals surface area contributed by atoms with Crippen LogP contribution in [0.25, 0.3) is 5.57 Å². The molecule has 2 fully saturated rings. The molecule has 0 radical (unpaired) electrons. The van der Waals surface area contributed by atoms with Crippen LogP contribution in [0.3, 0.4) is 0 Å². The van der Waals surface area contributed by atoms with Crippen molar-refractivity contribution in [1.82, 2.24) is 4.57 Å². The fourth-order valence-corrected chi connectivity index (χ4v) is 16.8. The van der Waals surface area contributed by atoms with Crippen LogP contribution < -0.4 is 9.47 Å². The van der Waals surface area contributed by atoms with Crippen LogP contribution in [0.4, 0.5) is 0 Å². The SMILES string of the molecule is CCC1(CC)C2=CC3C(C)C(C)C([Si](C)(C)N(C4CCCCC4)C(C)(C)C)C3C=C2c2cc3c(cc21)OCCO3. The molecule has 3 nitrogen and oxygen atoms in total. The van der Waals surface area contributed by atoms with Crippen LogP contribution in [0.2, 0.25) is 18.6 Å². The molecular formula is C36H55NO2Si. The highest BCUT2D eigenvalue weighted by atomic mass is 28.3. The van der Waals surface area contributed by atoms with Crippen LogP contribution >= 0.6 is 0 Å². The average molecular weight is 562 g/mol. The summed E-state index contributed by atoms with van der Waals surface area (Å²) >= 11 is 0. The fraction of sp³-hybridized carbons (Fsp3) is 0.722. The van der Waals surface area contributed by atoms with Gasteiger partial charge in [0.1, 0.15) is 21.4 Å². The summed E-state index contributed by atoms with van der Waals surface area (Å²) in [6.45, 7) is 24.3. The minimum absolute atomic E-state index is 0.0789. The Morgan fingerprint density at radius 2 is 1.50 bits per heavy atom. The van der Waals surface area contributed by atoms with E-state index in [1.807, 2.05) is 0 Å². The molecule has 5 atom stereocenters. The molecule has 0 saturated heterocycles. The summed E-state index contributed by atoms with van der Waals surface area (Å²) in [5.41, 5.74) is 7.06. The molecule has 1 heterocycles. The number of hydrogen-bond acceptors (Lipinski definition) is 3. The van der Waals surface area contributed by atoms with Crippen LogP contribution in [0.5, 0.6) is 11.5 Å². The molecule has 4 heteroatoms. The Kier molecular flexibility index (Phi) is 7.18. The Bertz CT molecular complexity index is 1200. The summed E-state index contributed by atoms with van der Waals surface area (Å²) < 4.78 is 15.4. The Morgan fingerprint density at radius 1 is 0.875 bits per heavy atom. The molecule has 0 N–H and O–H groups in total. The van der Waals surface area contributed by atoms with Gasteiger partial charge in [-0.15, -0.1) is 0 Å². The second-order valence-corrected chi connectivity index (χ2v) is 19.8. The van der Waals surface area contributed by atoms with Crippen molar-refractivity contribution in [2.24, 2.45) is 23.7 Å². The lowest BCUT2D eigenvalue weighted by Gasteiger charge is -2.56. The number of ether oxygens (including phenoxy) is 2. The number of nitrogens with zero attached hydrogens (tertiary/aromatic N) is 1. The molecule has 1 aromatic carbocycles. The molecule has 0 spiro atoms. The van der Waals surface area contributed by atoms with Crippen molar-refractivity contribution in [3.63, 3.8) is 0 Å². The van der Waals surface area contributed by atoms with Gasteiger partial charge in [0.15, 0.2) is 11.5 Å². The van der Waals surface area contributed by atoms with Crippen molar-refractivity contribution in [1.29, 1.82) is 0 Å². The third-order valence-electron chi connectivity index (χ3n) is 12.2. The van der Waals surface area contributed by atoms with Crippen LogP contribution in [-0.2, 0) is 5.41 Å². The van der Waals surface area contributed by atoms with Gasteiger partial charge in [0.25, 0.3) is 0 Å². The second kappa shape index (κ2) is 10.0. The summed E-state index contributed by atoms with van der Waals surface area (Å²) in [6.07, 6.45) is 14.9. The molecule has 0 amide bonds. The molecule has 2 saturated carbocycles. The minimum Gasteiger partial charge on any atom is -0.486 e. The van der Waals surface area contributed by atoms with E-state index in [1.165, 1.54) is 48.8 Å². The Morgan fingerprint density at radius 3 is 2.10 bits per heavy atom. The van der Waals surface area contributed by atoms with E-state index in [1.54, 1.807) is 5.57 Å². The van der Waals surface area contributed by atoms with Crippen molar-refractivity contribution in [2.45, 2.75) is 129 Å². The van der Waals surface area contributed by atoms with Gasteiger partial charge in [-0.3, -0.25) is 0 Å². The lowest BCUT2D eigenvalue weighted by Crippen LogP contribution is -2.65. The van der Waals surface area contributed by atoms with Crippen LogP contribution in [0.15, 0.2) is 29.9 Å². The first-order valence-corrected chi connectivity index (χ1v) is 19.7. The smallest absolute Gasteiger partial charge is 0.161 e. The zero-order valence-electron chi connectivity index (χ0n) is 26.9. The fourth-order valence-electron chi connectivity index (χ4n) is 10.7. The van der Waals surface area contributed by atoms with Crippen molar-refractivity contribution >= 4 is 13.8 Å². The van der Waals surface area contributed by atoms with E-state index >= 15 is 0 Å². The molecule has 6 rings (SSSR count). The van der Waals surface area contributed by atoms with Gasteiger partial charge in [-0.1, -0.05) is 72.2 Å². The van der Waals surface area contributed by atoms with Gasteiger partial charge in [0, 0.05) is 17.0 Å². The maximum absolute atomic E-state index is 6.12. The van der Waals surface area contributed by atoms with Gasteiger partial charge in [0.05, 0.1) is 0 Å². The first-order valence-electron chi connectivity index (χ1n) is 16.6. The molecule has 5 unspecified atom stereocenters. The normalized spacial score (nSPS) is 31.4. The maximum atomic E-state index is 6.12. The lowest BCUT2D eigenvalue weighted by molar-refractivity contribution is 0.138. The van der Waals surface area contributed by atoms with E-state index in [2.05, 4.69) is 90.4 Å². The molecular weight excluding hydrogens is 506 g/mol. The molecule has 5 aliphatic rings. The minimum atomic E-state index is -1.83. The monoisotopic (exact) mass is 561 g/mol. The van der Waals surface area contributed by atoms with Crippen LogP contribution in [0.1, 0.15) is 105 Å². The molecule has 1 aromatic rings. The molecule has 40 heavy (non-hydrogen) atoms. The van der Waals surface area contributed by atoms with Crippen molar-refractivity contribution in [2.75, 3.05) is 13.2 Å². The summed E-state index contributed by atoms with van der Waals surface area (Å²) in [5.74, 6) is 4.56. The average Bonchev–Trinajstić information content (AvgIpc) is 3.33. The number of allylic oxidation sites excluding steroid dienone is 4. The highest BCUT2D eigenvalue weighted by Gasteiger charge is 2.58. The summed E-state index contributed by atoms with van der Waals surface area (Å²) in [7, 11) is -1.83. The highest BCUT2D eigenvalue weighted by molar-refractivity contribution is 6.76. The molecule has 1 aliphatic heterocycles. The Hall–Kier alpha value is -1.52. The van der Waals surface area contributed by atoms with Gasteiger partial charge >= 0.3 is 0 Å². The van der Waals surface area contributed by atoms with Gasteiger partial charge in [-0.2, -0.15) is 0 Å². The Balaban J connectivity index is 1.47. The van der Waals surface area contributed by atoms with E-state index in [0.29, 0.717) is 31.0 Å². The van der Waals surface area contributed by atoms with Gasteiger partial charge < -0.3 is 14.0 Å². The maximum Gasteiger partial charge on any atom is 0.161 e. The van der Waals surface area contributed by atoms with E-state index < -0.39 is 8.24 Å². The standard InChI is InChI=1S/C36H55NO2Si/c1-10-36(11-2)30-20-26-23(3)24(4)34(40(8,9)37(35(5,6)7)25-15-13-12-14-16-25)29(26)19-27(30)28-21-32-33(22-31(28)36)39-18-17-38-32/h19-26,29,34H,10-18H2,1-9H3. The van der Waals surface area contributed by atoms with Gasteiger partial charge in [0.2, 0.25) is 0 Å².